The molecule has 4 nitrogen and oxygen atoms in total. The van der Waals surface area contributed by atoms with Gasteiger partial charge in [0, 0.05) is 18.0 Å². The van der Waals surface area contributed by atoms with Gasteiger partial charge in [0.2, 0.25) is 0 Å². The summed E-state index contributed by atoms with van der Waals surface area (Å²) in [5.41, 5.74) is 0. The number of benzene rings is 1. The third kappa shape index (κ3) is 4.70. The second-order valence-corrected chi connectivity index (χ2v) is 3.39. The highest BCUT2D eigenvalue weighted by Crippen LogP contribution is 2.20. The van der Waals surface area contributed by atoms with Crippen molar-refractivity contribution in [3.63, 3.8) is 0 Å². The van der Waals surface area contributed by atoms with Crippen LogP contribution >= 0.6 is 11.6 Å². The maximum absolute atomic E-state index is 11.2. The Labute approximate surface area is 104 Å². The first-order chi connectivity index (χ1) is 8.15. The predicted molar refractivity (Wildman–Crippen MR) is 63.2 cm³/mol. The highest BCUT2D eigenvalue weighted by molar-refractivity contribution is 6.18. The van der Waals surface area contributed by atoms with Gasteiger partial charge >= 0.3 is 11.9 Å². The van der Waals surface area contributed by atoms with Crippen molar-refractivity contribution in [2.75, 3.05) is 5.88 Å². The number of ether oxygens (including phenoxy) is 2. The molecule has 90 valence electrons. The SMILES string of the molecule is C=CC(=O)Oc1cccc(OC(=O)CCCl)c1. The highest BCUT2D eigenvalue weighted by atomic mass is 35.5. The molecule has 0 saturated carbocycles. The van der Waals surface area contributed by atoms with Crippen molar-refractivity contribution in [3.8, 4) is 11.5 Å². The minimum atomic E-state index is -0.575. The molecule has 0 saturated heterocycles. The monoisotopic (exact) mass is 254 g/mol. The fourth-order valence-electron chi connectivity index (χ4n) is 1.02. The van der Waals surface area contributed by atoms with E-state index in [0.29, 0.717) is 5.75 Å². The molecule has 1 rings (SSSR count). The molecule has 0 heterocycles. The molecule has 5 heteroatoms. The molecular formula is C12H11ClO4. The third-order valence-electron chi connectivity index (χ3n) is 1.72. The van der Waals surface area contributed by atoms with Crippen LogP contribution in [0, 0.1) is 0 Å². The minimum absolute atomic E-state index is 0.123. The molecule has 17 heavy (non-hydrogen) atoms. The number of hydrogen-bond acceptors (Lipinski definition) is 4. The maximum atomic E-state index is 11.2. The summed E-state index contributed by atoms with van der Waals surface area (Å²) in [5, 5.41) is 0. The molecular weight excluding hydrogens is 244 g/mol. The number of rotatable bonds is 5. The van der Waals surface area contributed by atoms with Gasteiger partial charge in [-0.1, -0.05) is 12.6 Å². The van der Waals surface area contributed by atoms with Crippen LogP contribution in [0.4, 0.5) is 0 Å². The van der Waals surface area contributed by atoms with Crippen LogP contribution in [0.25, 0.3) is 0 Å². The van der Waals surface area contributed by atoms with Gasteiger partial charge in [0.05, 0.1) is 6.42 Å². The molecule has 0 unspecified atom stereocenters. The molecule has 0 N–H and O–H groups in total. The second-order valence-electron chi connectivity index (χ2n) is 3.01. The van der Waals surface area contributed by atoms with Crippen molar-refractivity contribution in [3.05, 3.63) is 36.9 Å². The molecule has 0 bridgehead atoms. The van der Waals surface area contributed by atoms with Crippen LogP contribution in [-0.4, -0.2) is 17.8 Å². The van der Waals surface area contributed by atoms with Crippen molar-refractivity contribution in [2.24, 2.45) is 0 Å². The van der Waals surface area contributed by atoms with Gasteiger partial charge in [-0.15, -0.1) is 11.6 Å². The Bertz CT molecular complexity index is 428. The minimum Gasteiger partial charge on any atom is -0.426 e. The zero-order valence-corrected chi connectivity index (χ0v) is 9.77. The standard InChI is InChI=1S/C12H11ClO4/c1-2-11(14)16-9-4-3-5-10(8-9)17-12(15)6-7-13/h2-5,8H,1,6-7H2. The number of carbonyl (C=O) groups excluding carboxylic acids is 2. The molecule has 0 amide bonds. The average Bonchev–Trinajstić information content (AvgIpc) is 2.29. The molecule has 0 fully saturated rings. The maximum Gasteiger partial charge on any atom is 0.335 e. The summed E-state index contributed by atoms with van der Waals surface area (Å²) in [6.45, 7) is 3.28. The van der Waals surface area contributed by atoms with E-state index in [1.54, 1.807) is 18.2 Å². The van der Waals surface area contributed by atoms with Gasteiger partial charge in [-0.2, -0.15) is 0 Å². The number of esters is 2. The van der Waals surface area contributed by atoms with E-state index < -0.39 is 11.9 Å². The van der Waals surface area contributed by atoms with Gasteiger partial charge in [0.15, 0.2) is 0 Å². The topological polar surface area (TPSA) is 52.6 Å². The first-order valence-electron chi connectivity index (χ1n) is 4.86. The van der Waals surface area contributed by atoms with E-state index in [0.717, 1.165) is 6.08 Å². The largest absolute Gasteiger partial charge is 0.426 e. The molecule has 0 spiro atoms. The van der Waals surface area contributed by atoms with Crippen molar-refractivity contribution >= 4 is 23.5 Å². The van der Waals surface area contributed by atoms with Gasteiger partial charge in [-0.05, 0) is 12.1 Å². The second kappa shape index (κ2) is 6.70. The van der Waals surface area contributed by atoms with Crippen LogP contribution in [0.2, 0.25) is 0 Å². The van der Waals surface area contributed by atoms with E-state index in [-0.39, 0.29) is 18.1 Å². The average molecular weight is 255 g/mol. The fraction of sp³-hybridized carbons (Fsp3) is 0.167. The summed E-state index contributed by atoms with van der Waals surface area (Å²) in [6.07, 6.45) is 1.17. The first kappa shape index (κ1) is 13.3. The lowest BCUT2D eigenvalue weighted by molar-refractivity contribution is -0.133. The first-order valence-corrected chi connectivity index (χ1v) is 5.40. The molecule has 1 aromatic carbocycles. The molecule has 0 atom stereocenters. The molecule has 0 aliphatic rings. The van der Waals surface area contributed by atoms with E-state index >= 15 is 0 Å². The molecule has 0 radical (unpaired) electrons. The Morgan fingerprint density at radius 2 is 1.94 bits per heavy atom. The summed E-state index contributed by atoms with van der Waals surface area (Å²) >= 11 is 5.40. The molecule has 0 aromatic heterocycles. The van der Waals surface area contributed by atoms with Crippen molar-refractivity contribution < 1.29 is 19.1 Å². The van der Waals surface area contributed by atoms with Gasteiger partial charge < -0.3 is 9.47 Å². The zero-order valence-electron chi connectivity index (χ0n) is 9.02. The predicted octanol–water partition coefficient (Wildman–Crippen LogP) is 2.31. The summed E-state index contributed by atoms with van der Waals surface area (Å²) in [6, 6.07) is 6.19. The summed E-state index contributed by atoms with van der Waals surface area (Å²) in [7, 11) is 0. The van der Waals surface area contributed by atoms with Crippen LogP contribution in [0.5, 0.6) is 11.5 Å². The fourth-order valence-corrected chi connectivity index (χ4v) is 1.17. The van der Waals surface area contributed by atoms with Crippen LogP contribution in [0.1, 0.15) is 6.42 Å². The Morgan fingerprint density at radius 1 is 1.29 bits per heavy atom. The van der Waals surface area contributed by atoms with Crippen LogP contribution < -0.4 is 9.47 Å². The van der Waals surface area contributed by atoms with E-state index in [1.165, 1.54) is 6.07 Å². The lowest BCUT2D eigenvalue weighted by Crippen LogP contribution is -2.08. The summed E-state index contributed by atoms with van der Waals surface area (Å²) in [5.74, 6) is -0.230. The van der Waals surface area contributed by atoms with E-state index in [9.17, 15) is 9.59 Å². The Morgan fingerprint density at radius 3 is 2.53 bits per heavy atom. The van der Waals surface area contributed by atoms with Crippen LogP contribution in [-0.2, 0) is 9.59 Å². The van der Waals surface area contributed by atoms with Crippen LogP contribution in [0.15, 0.2) is 36.9 Å². The lowest BCUT2D eigenvalue weighted by atomic mass is 10.3. The van der Waals surface area contributed by atoms with Gasteiger partial charge in [0.25, 0.3) is 0 Å². The number of alkyl halides is 1. The number of carbonyl (C=O) groups is 2. The van der Waals surface area contributed by atoms with Gasteiger partial charge in [-0.3, -0.25) is 4.79 Å². The highest BCUT2D eigenvalue weighted by Gasteiger charge is 2.06. The Hall–Kier alpha value is -1.81. The summed E-state index contributed by atoms with van der Waals surface area (Å²) < 4.78 is 9.84. The lowest BCUT2D eigenvalue weighted by Gasteiger charge is -2.05. The van der Waals surface area contributed by atoms with E-state index in [4.69, 9.17) is 21.1 Å². The van der Waals surface area contributed by atoms with Crippen molar-refractivity contribution in [2.45, 2.75) is 6.42 Å². The number of halogens is 1. The molecule has 1 aromatic rings. The normalized spacial score (nSPS) is 9.47. The van der Waals surface area contributed by atoms with Gasteiger partial charge in [0.1, 0.15) is 11.5 Å². The van der Waals surface area contributed by atoms with Crippen molar-refractivity contribution in [1.29, 1.82) is 0 Å². The van der Waals surface area contributed by atoms with E-state index in [1.807, 2.05) is 0 Å². The van der Waals surface area contributed by atoms with Crippen LogP contribution in [0.3, 0.4) is 0 Å². The quantitative estimate of drug-likeness (QED) is 0.350. The molecule has 0 aliphatic carbocycles. The third-order valence-corrected chi connectivity index (χ3v) is 1.91. The Kier molecular flexibility index (Phi) is 5.23. The van der Waals surface area contributed by atoms with Crippen molar-refractivity contribution in [1.82, 2.24) is 0 Å². The molecule has 0 aliphatic heterocycles. The smallest absolute Gasteiger partial charge is 0.335 e. The number of hydrogen-bond donors (Lipinski definition) is 0. The van der Waals surface area contributed by atoms with Gasteiger partial charge in [-0.25, -0.2) is 4.79 Å². The Balaban J connectivity index is 2.68. The summed E-state index contributed by atoms with van der Waals surface area (Å²) in [4.78, 5) is 22.1. The van der Waals surface area contributed by atoms with E-state index in [2.05, 4.69) is 6.58 Å². The zero-order chi connectivity index (χ0) is 12.7.